The van der Waals surface area contributed by atoms with Crippen LogP contribution in [0.25, 0.3) is 0 Å². The first kappa shape index (κ1) is 5.53. The van der Waals surface area contributed by atoms with E-state index in [1.165, 1.54) is 0 Å². The third-order valence-corrected chi connectivity index (χ3v) is 1.58. The SMILES string of the molecule is c1cc2c(cn1)NCCN2. The largest absolute Gasteiger partial charge is 0.382 e. The molecule has 1 aromatic rings. The maximum absolute atomic E-state index is 4.00. The van der Waals surface area contributed by atoms with Gasteiger partial charge in [-0.15, -0.1) is 0 Å². The van der Waals surface area contributed by atoms with Gasteiger partial charge >= 0.3 is 0 Å². The molecular weight excluding hydrogens is 126 g/mol. The highest BCUT2D eigenvalue weighted by Gasteiger charge is 2.04. The fourth-order valence-corrected chi connectivity index (χ4v) is 1.08. The number of hydrogen-bond acceptors (Lipinski definition) is 3. The minimum atomic E-state index is 0.985. The van der Waals surface area contributed by atoms with Gasteiger partial charge in [0, 0.05) is 19.3 Å². The molecule has 2 heterocycles. The van der Waals surface area contributed by atoms with Gasteiger partial charge in [-0.3, -0.25) is 4.98 Å². The normalized spacial score (nSPS) is 14.8. The zero-order valence-electron chi connectivity index (χ0n) is 5.59. The van der Waals surface area contributed by atoms with E-state index in [1.54, 1.807) is 6.20 Å². The highest BCUT2D eigenvalue weighted by atomic mass is 15.0. The molecule has 0 saturated carbocycles. The highest BCUT2D eigenvalue weighted by Crippen LogP contribution is 2.20. The van der Waals surface area contributed by atoms with E-state index in [0.717, 1.165) is 24.5 Å². The van der Waals surface area contributed by atoms with Crippen molar-refractivity contribution in [3.63, 3.8) is 0 Å². The van der Waals surface area contributed by atoms with Gasteiger partial charge in [0.05, 0.1) is 17.6 Å². The predicted molar refractivity (Wildman–Crippen MR) is 41.2 cm³/mol. The van der Waals surface area contributed by atoms with E-state index in [-0.39, 0.29) is 0 Å². The van der Waals surface area contributed by atoms with Gasteiger partial charge < -0.3 is 10.6 Å². The number of pyridine rings is 1. The van der Waals surface area contributed by atoms with Crippen molar-refractivity contribution >= 4 is 11.4 Å². The number of anilines is 2. The third kappa shape index (κ3) is 0.795. The Hall–Kier alpha value is -1.25. The summed E-state index contributed by atoms with van der Waals surface area (Å²) in [5.74, 6) is 0. The fraction of sp³-hybridized carbons (Fsp3) is 0.286. The molecule has 0 radical (unpaired) electrons. The van der Waals surface area contributed by atoms with Crippen LogP contribution in [0.5, 0.6) is 0 Å². The lowest BCUT2D eigenvalue weighted by molar-refractivity contribution is 1.04. The summed E-state index contributed by atoms with van der Waals surface area (Å²) in [5, 5.41) is 6.50. The standard InChI is InChI=1S/C7H9N3/c1-2-8-5-7-6(1)9-3-4-10-7/h1-2,5,9-10H,3-4H2. The summed E-state index contributed by atoms with van der Waals surface area (Å²) in [6, 6.07) is 1.97. The van der Waals surface area contributed by atoms with Crippen LogP contribution in [0.1, 0.15) is 0 Å². The van der Waals surface area contributed by atoms with Crippen molar-refractivity contribution < 1.29 is 0 Å². The van der Waals surface area contributed by atoms with Crippen molar-refractivity contribution in [2.75, 3.05) is 23.7 Å². The molecule has 0 unspecified atom stereocenters. The van der Waals surface area contributed by atoms with Crippen LogP contribution in [0.15, 0.2) is 18.5 Å². The second-order valence-electron chi connectivity index (χ2n) is 2.27. The van der Waals surface area contributed by atoms with E-state index in [1.807, 2.05) is 12.3 Å². The average molecular weight is 135 g/mol. The first-order valence-electron chi connectivity index (χ1n) is 3.38. The maximum Gasteiger partial charge on any atom is 0.0762 e. The molecule has 2 N–H and O–H groups in total. The zero-order chi connectivity index (χ0) is 6.81. The van der Waals surface area contributed by atoms with Crippen LogP contribution >= 0.6 is 0 Å². The van der Waals surface area contributed by atoms with Crippen LogP contribution in [0.2, 0.25) is 0 Å². The second-order valence-corrected chi connectivity index (χ2v) is 2.27. The summed E-state index contributed by atoms with van der Waals surface area (Å²) < 4.78 is 0. The highest BCUT2D eigenvalue weighted by molar-refractivity contribution is 5.68. The minimum absolute atomic E-state index is 0.985. The lowest BCUT2D eigenvalue weighted by atomic mass is 10.3. The van der Waals surface area contributed by atoms with Crippen LogP contribution in [0, 0.1) is 0 Å². The minimum Gasteiger partial charge on any atom is -0.382 e. The molecule has 0 amide bonds. The van der Waals surface area contributed by atoms with E-state index < -0.39 is 0 Å². The summed E-state index contributed by atoms with van der Waals surface area (Å²) in [4.78, 5) is 4.00. The number of nitrogens with zero attached hydrogens (tertiary/aromatic N) is 1. The smallest absolute Gasteiger partial charge is 0.0762 e. The Bertz CT molecular complexity index is 209. The molecule has 0 aromatic carbocycles. The molecule has 1 aliphatic rings. The molecule has 3 heteroatoms. The third-order valence-electron chi connectivity index (χ3n) is 1.58. The van der Waals surface area contributed by atoms with Crippen molar-refractivity contribution in [2.45, 2.75) is 0 Å². The molecule has 3 nitrogen and oxygen atoms in total. The van der Waals surface area contributed by atoms with E-state index >= 15 is 0 Å². The molecule has 1 aromatic heterocycles. The quantitative estimate of drug-likeness (QED) is 0.555. The monoisotopic (exact) mass is 135 g/mol. The number of nitrogens with one attached hydrogen (secondary N) is 2. The predicted octanol–water partition coefficient (Wildman–Crippen LogP) is 0.919. The van der Waals surface area contributed by atoms with Crippen LogP contribution in [-0.2, 0) is 0 Å². The van der Waals surface area contributed by atoms with Gasteiger partial charge in [0.25, 0.3) is 0 Å². The lowest BCUT2D eigenvalue weighted by Gasteiger charge is -2.18. The van der Waals surface area contributed by atoms with Crippen molar-refractivity contribution in [3.05, 3.63) is 18.5 Å². The van der Waals surface area contributed by atoms with E-state index in [4.69, 9.17) is 0 Å². The summed E-state index contributed by atoms with van der Waals surface area (Å²) >= 11 is 0. The lowest BCUT2D eigenvalue weighted by Crippen LogP contribution is -2.20. The van der Waals surface area contributed by atoms with Crippen molar-refractivity contribution in [3.8, 4) is 0 Å². The molecule has 2 rings (SSSR count). The van der Waals surface area contributed by atoms with Gasteiger partial charge in [-0.05, 0) is 6.07 Å². The molecule has 0 spiro atoms. The Kier molecular flexibility index (Phi) is 1.20. The molecule has 1 aliphatic heterocycles. The maximum atomic E-state index is 4.00. The molecule has 0 atom stereocenters. The molecule has 52 valence electrons. The van der Waals surface area contributed by atoms with Crippen molar-refractivity contribution in [2.24, 2.45) is 0 Å². The number of hydrogen-bond donors (Lipinski definition) is 2. The Morgan fingerprint density at radius 2 is 2.00 bits per heavy atom. The van der Waals surface area contributed by atoms with Crippen LogP contribution in [0.4, 0.5) is 11.4 Å². The van der Waals surface area contributed by atoms with Crippen LogP contribution in [0.3, 0.4) is 0 Å². The van der Waals surface area contributed by atoms with E-state index in [9.17, 15) is 0 Å². The van der Waals surface area contributed by atoms with E-state index in [0.29, 0.717) is 0 Å². The number of fused-ring (bicyclic) bond motifs is 1. The van der Waals surface area contributed by atoms with Crippen molar-refractivity contribution in [1.29, 1.82) is 0 Å². The Morgan fingerprint density at radius 3 is 2.80 bits per heavy atom. The van der Waals surface area contributed by atoms with Gasteiger partial charge in [0.2, 0.25) is 0 Å². The second kappa shape index (κ2) is 2.17. The van der Waals surface area contributed by atoms with Gasteiger partial charge in [-0.2, -0.15) is 0 Å². The molecule has 0 fully saturated rings. The average Bonchev–Trinajstić information content (AvgIpc) is 2.05. The first-order valence-corrected chi connectivity index (χ1v) is 3.38. The van der Waals surface area contributed by atoms with Crippen molar-refractivity contribution in [1.82, 2.24) is 4.98 Å². The Morgan fingerprint density at radius 1 is 1.20 bits per heavy atom. The topological polar surface area (TPSA) is 37.0 Å². The van der Waals surface area contributed by atoms with Gasteiger partial charge in [0.1, 0.15) is 0 Å². The Balaban J connectivity index is 2.41. The fourth-order valence-electron chi connectivity index (χ4n) is 1.08. The molecule has 10 heavy (non-hydrogen) atoms. The number of rotatable bonds is 0. The van der Waals surface area contributed by atoms with Gasteiger partial charge in [-0.25, -0.2) is 0 Å². The number of aromatic nitrogens is 1. The first-order chi connectivity index (χ1) is 4.97. The van der Waals surface area contributed by atoms with Gasteiger partial charge in [0.15, 0.2) is 0 Å². The molecule has 0 aliphatic carbocycles. The molecule has 0 bridgehead atoms. The zero-order valence-corrected chi connectivity index (χ0v) is 5.59. The Labute approximate surface area is 59.5 Å². The summed E-state index contributed by atoms with van der Waals surface area (Å²) in [6.45, 7) is 1.98. The van der Waals surface area contributed by atoms with E-state index in [2.05, 4.69) is 15.6 Å². The van der Waals surface area contributed by atoms with Gasteiger partial charge in [-0.1, -0.05) is 0 Å². The molecule has 0 saturated heterocycles. The summed E-state index contributed by atoms with van der Waals surface area (Å²) in [5.41, 5.74) is 2.26. The molecular formula is C7H9N3. The van der Waals surface area contributed by atoms with Crippen LogP contribution in [-0.4, -0.2) is 18.1 Å². The summed E-state index contributed by atoms with van der Waals surface area (Å²) in [6.07, 6.45) is 3.63. The van der Waals surface area contributed by atoms with Crippen LogP contribution < -0.4 is 10.6 Å². The summed E-state index contributed by atoms with van der Waals surface area (Å²) in [7, 11) is 0.